The van der Waals surface area contributed by atoms with Crippen LogP contribution < -0.4 is 0 Å². The second-order valence-electron chi connectivity index (χ2n) is 5.79. The van der Waals surface area contributed by atoms with Crippen molar-refractivity contribution in [2.24, 2.45) is 0 Å². The quantitative estimate of drug-likeness (QED) is 0.352. The average molecular weight is 317 g/mol. The number of benzene rings is 1. The molecule has 1 aromatic rings. The maximum atomic E-state index is 2.25. The Morgan fingerprint density at radius 1 is 0.739 bits per heavy atom. The molecular formula is C23H40. The highest BCUT2D eigenvalue weighted by Gasteiger charge is 1.92. The van der Waals surface area contributed by atoms with Crippen molar-refractivity contribution in [3.05, 3.63) is 59.7 Å². The topological polar surface area (TPSA) is 0 Å². The van der Waals surface area contributed by atoms with Crippen molar-refractivity contribution in [3.8, 4) is 0 Å². The van der Waals surface area contributed by atoms with Gasteiger partial charge in [0.25, 0.3) is 0 Å². The van der Waals surface area contributed by atoms with Gasteiger partial charge < -0.3 is 0 Å². The number of unbranched alkanes of at least 4 members (excludes halogenated alkanes) is 4. The minimum atomic E-state index is 1.21. The lowest BCUT2D eigenvalue weighted by Crippen LogP contribution is -1.85. The third-order valence-corrected chi connectivity index (χ3v) is 3.48. The molecule has 0 spiro atoms. The Hall–Kier alpha value is -1.30. The van der Waals surface area contributed by atoms with Crippen molar-refractivity contribution in [1.82, 2.24) is 0 Å². The molecule has 132 valence electrons. The van der Waals surface area contributed by atoms with Gasteiger partial charge in [-0.2, -0.15) is 0 Å². The zero-order valence-corrected chi connectivity index (χ0v) is 16.6. The highest BCUT2D eigenvalue weighted by atomic mass is 14.0. The molecule has 0 saturated carbocycles. The molecule has 0 heteroatoms. The fourth-order valence-electron chi connectivity index (χ4n) is 2.06. The Bertz CT molecular complexity index is 371. The Morgan fingerprint density at radius 3 is 1.65 bits per heavy atom. The van der Waals surface area contributed by atoms with Crippen LogP contribution in [0.2, 0.25) is 0 Å². The van der Waals surface area contributed by atoms with E-state index >= 15 is 0 Å². The van der Waals surface area contributed by atoms with Crippen LogP contribution in [0.5, 0.6) is 0 Å². The second kappa shape index (κ2) is 20.7. The van der Waals surface area contributed by atoms with E-state index in [1.54, 1.807) is 0 Å². The van der Waals surface area contributed by atoms with Gasteiger partial charge in [-0.1, -0.05) is 108 Å². The van der Waals surface area contributed by atoms with Crippen LogP contribution in [0.25, 0.3) is 0 Å². The SMILES string of the molecule is C/C=C\C=C/C.CCCCCCC.CCCc1ccccc1C. The number of hydrogen-bond acceptors (Lipinski definition) is 0. The molecule has 0 saturated heterocycles. The lowest BCUT2D eigenvalue weighted by Gasteiger charge is -2.01. The number of rotatable bonds is 7. The molecule has 0 N–H and O–H groups in total. The Morgan fingerprint density at radius 2 is 1.26 bits per heavy atom. The van der Waals surface area contributed by atoms with Gasteiger partial charge in [0.05, 0.1) is 0 Å². The molecule has 23 heavy (non-hydrogen) atoms. The highest BCUT2D eigenvalue weighted by molar-refractivity contribution is 5.25. The van der Waals surface area contributed by atoms with Crippen molar-refractivity contribution < 1.29 is 0 Å². The van der Waals surface area contributed by atoms with Crippen molar-refractivity contribution in [2.45, 2.75) is 86.5 Å². The fourth-order valence-corrected chi connectivity index (χ4v) is 2.06. The summed E-state index contributed by atoms with van der Waals surface area (Å²) < 4.78 is 0. The number of aryl methyl sites for hydroxylation is 2. The van der Waals surface area contributed by atoms with Crippen molar-refractivity contribution in [3.63, 3.8) is 0 Å². The van der Waals surface area contributed by atoms with Gasteiger partial charge in [0.1, 0.15) is 0 Å². The van der Waals surface area contributed by atoms with Crippen LogP contribution in [-0.2, 0) is 6.42 Å². The van der Waals surface area contributed by atoms with E-state index in [1.807, 2.05) is 38.2 Å². The summed E-state index contributed by atoms with van der Waals surface area (Å²) in [5.74, 6) is 0. The first kappa shape index (κ1) is 24.0. The molecule has 0 radical (unpaired) electrons. The first-order chi connectivity index (χ1) is 11.2. The minimum Gasteiger partial charge on any atom is -0.0877 e. The van der Waals surface area contributed by atoms with Gasteiger partial charge >= 0.3 is 0 Å². The highest BCUT2D eigenvalue weighted by Crippen LogP contribution is 2.08. The smallest absolute Gasteiger partial charge is 0.0279 e. The molecule has 0 fully saturated rings. The van der Waals surface area contributed by atoms with Crippen LogP contribution >= 0.6 is 0 Å². The number of allylic oxidation sites excluding steroid dienone is 4. The molecule has 0 atom stereocenters. The molecular weight excluding hydrogens is 276 g/mol. The molecule has 0 unspecified atom stereocenters. The molecule has 0 aliphatic heterocycles. The predicted molar refractivity (Wildman–Crippen MR) is 109 cm³/mol. The molecule has 0 bridgehead atoms. The van der Waals surface area contributed by atoms with Crippen molar-refractivity contribution in [1.29, 1.82) is 0 Å². The summed E-state index contributed by atoms with van der Waals surface area (Å²) in [6.07, 6.45) is 17.5. The molecule has 1 aromatic carbocycles. The molecule has 0 heterocycles. The van der Waals surface area contributed by atoms with E-state index in [4.69, 9.17) is 0 Å². The van der Waals surface area contributed by atoms with Crippen LogP contribution in [0.15, 0.2) is 48.6 Å². The minimum absolute atomic E-state index is 1.21. The van der Waals surface area contributed by atoms with Crippen LogP contribution in [0.3, 0.4) is 0 Å². The monoisotopic (exact) mass is 316 g/mol. The molecule has 1 rings (SSSR count). The maximum Gasteiger partial charge on any atom is -0.0279 e. The van der Waals surface area contributed by atoms with Gasteiger partial charge in [0.15, 0.2) is 0 Å². The summed E-state index contributed by atoms with van der Waals surface area (Å²) in [6, 6.07) is 8.58. The normalized spacial score (nSPS) is 10.2. The van der Waals surface area contributed by atoms with Crippen molar-refractivity contribution in [2.75, 3.05) is 0 Å². The molecule has 0 aliphatic rings. The lowest BCUT2D eigenvalue weighted by molar-refractivity contribution is 0.656. The summed E-state index contributed by atoms with van der Waals surface area (Å²) in [5, 5.41) is 0. The maximum absolute atomic E-state index is 2.25. The largest absolute Gasteiger partial charge is 0.0877 e. The molecule has 0 aromatic heterocycles. The van der Waals surface area contributed by atoms with Gasteiger partial charge in [-0.3, -0.25) is 0 Å². The van der Waals surface area contributed by atoms with E-state index < -0.39 is 0 Å². The first-order valence-corrected chi connectivity index (χ1v) is 9.46. The van der Waals surface area contributed by atoms with Crippen molar-refractivity contribution >= 4 is 0 Å². The lowest BCUT2D eigenvalue weighted by atomic mass is 10.1. The van der Waals surface area contributed by atoms with E-state index in [0.29, 0.717) is 0 Å². The van der Waals surface area contributed by atoms with E-state index in [2.05, 4.69) is 52.0 Å². The van der Waals surface area contributed by atoms with Gasteiger partial charge in [-0.25, -0.2) is 0 Å². The number of hydrogen-bond donors (Lipinski definition) is 0. The zero-order chi connectivity index (χ0) is 17.8. The van der Waals surface area contributed by atoms with E-state index in [1.165, 1.54) is 56.1 Å². The van der Waals surface area contributed by atoms with Gasteiger partial charge in [-0.05, 0) is 38.3 Å². The second-order valence-corrected chi connectivity index (χ2v) is 5.79. The van der Waals surface area contributed by atoms with Crippen LogP contribution in [0, 0.1) is 6.92 Å². The Balaban J connectivity index is 0. The summed E-state index contributed by atoms with van der Waals surface area (Å²) in [7, 11) is 0. The first-order valence-electron chi connectivity index (χ1n) is 9.46. The van der Waals surface area contributed by atoms with E-state index in [0.717, 1.165) is 0 Å². The van der Waals surface area contributed by atoms with Crippen LogP contribution in [0.1, 0.15) is 84.3 Å². The average Bonchev–Trinajstić information content (AvgIpc) is 2.57. The standard InChI is InChI=1S/C10H14.C7H16.C6H10/c1-3-6-10-8-5-4-7-9(10)2;1-3-5-7-6-4-2;1-3-5-6-4-2/h4-5,7-8H,3,6H2,1-2H3;3-7H2,1-2H3;3-6H,1-2H3/b;;5-3-,6-4-. The third-order valence-electron chi connectivity index (χ3n) is 3.48. The molecule has 0 aliphatic carbocycles. The van der Waals surface area contributed by atoms with Crippen LogP contribution in [0.4, 0.5) is 0 Å². The van der Waals surface area contributed by atoms with E-state index in [-0.39, 0.29) is 0 Å². The van der Waals surface area contributed by atoms with Crippen LogP contribution in [-0.4, -0.2) is 0 Å². The molecule has 0 nitrogen and oxygen atoms in total. The van der Waals surface area contributed by atoms with E-state index in [9.17, 15) is 0 Å². The summed E-state index contributed by atoms with van der Waals surface area (Å²) in [5.41, 5.74) is 2.91. The van der Waals surface area contributed by atoms with Gasteiger partial charge in [-0.15, -0.1) is 0 Å². The summed E-state index contributed by atoms with van der Waals surface area (Å²) in [4.78, 5) is 0. The Kier molecular flexibility index (Phi) is 21.6. The summed E-state index contributed by atoms with van der Waals surface area (Å²) in [6.45, 7) is 12.9. The Labute approximate surface area is 146 Å². The third kappa shape index (κ3) is 18.7. The van der Waals surface area contributed by atoms with Gasteiger partial charge in [0.2, 0.25) is 0 Å². The zero-order valence-electron chi connectivity index (χ0n) is 16.6. The fraction of sp³-hybridized carbons (Fsp3) is 0.565. The molecule has 0 amide bonds. The van der Waals surface area contributed by atoms with Gasteiger partial charge in [0, 0.05) is 0 Å². The predicted octanol–water partition coefficient (Wildman–Crippen LogP) is 8.06. The summed E-state index contributed by atoms with van der Waals surface area (Å²) >= 11 is 0.